The van der Waals surface area contributed by atoms with Crippen molar-refractivity contribution in [2.75, 3.05) is 0 Å². The summed E-state index contributed by atoms with van der Waals surface area (Å²) in [6, 6.07) is 12.5. The average Bonchev–Trinajstić information content (AvgIpc) is 2.91. The number of fused-ring (bicyclic) bond motifs is 1. The van der Waals surface area contributed by atoms with Gasteiger partial charge in [0, 0.05) is 5.39 Å². The van der Waals surface area contributed by atoms with E-state index in [0.717, 1.165) is 35.8 Å². The Bertz CT molecular complexity index is 1200. The Morgan fingerprint density at radius 3 is 2.05 bits per heavy atom. The number of benzene rings is 3. The predicted molar refractivity (Wildman–Crippen MR) is 150 cm³/mol. The summed E-state index contributed by atoms with van der Waals surface area (Å²) in [7, 11) is 0. The Morgan fingerprint density at radius 1 is 0.692 bits per heavy atom. The van der Waals surface area contributed by atoms with Crippen LogP contribution in [0.4, 0.5) is 22.0 Å². The standard InChI is InChI=1S/C34H41F5/c1-2-3-4-5-6-7-24-8-10-25(11-9-24)12-13-26-15-20-30-29(22-26)19-18-28(33(30)36)17-14-27-16-21-31(32(35)23-27)34(37,38)39/h15-16,18-25H,2-14,17H2,1H3. The Kier molecular flexibility index (Phi) is 10.4. The van der Waals surface area contributed by atoms with Crippen molar-refractivity contribution in [2.24, 2.45) is 11.8 Å². The van der Waals surface area contributed by atoms with E-state index in [0.29, 0.717) is 16.5 Å². The van der Waals surface area contributed by atoms with Gasteiger partial charge >= 0.3 is 6.18 Å². The van der Waals surface area contributed by atoms with E-state index in [1.807, 2.05) is 18.2 Å². The predicted octanol–water partition coefficient (Wildman–Crippen LogP) is 11.0. The second kappa shape index (κ2) is 13.8. The van der Waals surface area contributed by atoms with Crippen LogP contribution < -0.4 is 0 Å². The van der Waals surface area contributed by atoms with Gasteiger partial charge in [-0.1, -0.05) is 108 Å². The van der Waals surface area contributed by atoms with Crippen LogP contribution in [-0.4, -0.2) is 0 Å². The van der Waals surface area contributed by atoms with Gasteiger partial charge in [0.1, 0.15) is 11.6 Å². The molecule has 4 rings (SSSR count). The van der Waals surface area contributed by atoms with Crippen molar-refractivity contribution in [3.8, 4) is 0 Å². The lowest BCUT2D eigenvalue weighted by Crippen LogP contribution is -2.15. The first-order valence-corrected chi connectivity index (χ1v) is 14.8. The molecule has 0 saturated heterocycles. The average molecular weight is 545 g/mol. The third-order valence-corrected chi connectivity index (χ3v) is 8.64. The van der Waals surface area contributed by atoms with E-state index < -0.39 is 17.6 Å². The van der Waals surface area contributed by atoms with E-state index in [9.17, 15) is 17.6 Å². The fourth-order valence-corrected chi connectivity index (χ4v) is 6.17. The largest absolute Gasteiger partial charge is 0.419 e. The maximum absolute atomic E-state index is 15.2. The van der Waals surface area contributed by atoms with Crippen LogP contribution in [0.15, 0.2) is 48.5 Å². The SMILES string of the molecule is CCCCCCCC1CCC(CCc2ccc3c(F)c(CCc4ccc(C(F)(F)F)c(F)c4)ccc3c2)CC1. The molecule has 3 aromatic carbocycles. The molecule has 39 heavy (non-hydrogen) atoms. The van der Waals surface area contributed by atoms with Crippen LogP contribution in [0.25, 0.3) is 10.8 Å². The zero-order valence-electron chi connectivity index (χ0n) is 23.1. The molecule has 0 aliphatic heterocycles. The molecule has 3 aromatic rings. The molecule has 0 nitrogen and oxygen atoms in total. The zero-order chi connectivity index (χ0) is 27.8. The van der Waals surface area contributed by atoms with Crippen LogP contribution in [0.5, 0.6) is 0 Å². The molecule has 1 fully saturated rings. The molecule has 0 unspecified atom stereocenters. The maximum Gasteiger partial charge on any atom is 0.419 e. The van der Waals surface area contributed by atoms with Gasteiger partial charge in [0.25, 0.3) is 0 Å². The highest BCUT2D eigenvalue weighted by molar-refractivity contribution is 5.84. The van der Waals surface area contributed by atoms with Crippen LogP contribution >= 0.6 is 0 Å². The second-order valence-corrected chi connectivity index (χ2v) is 11.5. The van der Waals surface area contributed by atoms with Gasteiger partial charge in [0.2, 0.25) is 0 Å². The first-order chi connectivity index (χ1) is 18.7. The van der Waals surface area contributed by atoms with Crippen molar-refractivity contribution in [2.45, 2.75) is 103 Å². The molecule has 1 aliphatic carbocycles. The minimum atomic E-state index is -4.72. The molecule has 0 aromatic heterocycles. The van der Waals surface area contributed by atoms with Gasteiger partial charge in [-0.15, -0.1) is 0 Å². The molecule has 0 spiro atoms. The normalized spacial score (nSPS) is 18.1. The lowest BCUT2D eigenvalue weighted by atomic mass is 9.77. The summed E-state index contributed by atoms with van der Waals surface area (Å²) in [6.07, 6.45) is 11.6. The third-order valence-electron chi connectivity index (χ3n) is 8.64. The minimum Gasteiger partial charge on any atom is -0.206 e. The van der Waals surface area contributed by atoms with Gasteiger partial charge < -0.3 is 0 Å². The topological polar surface area (TPSA) is 0 Å². The Morgan fingerprint density at radius 2 is 1.36 bits per heavy atom. The molecule has 0 atom stereocenters. The maximum atomic E-state index is 15.2. The lowest BCUT2D eigenvalue weighted by molar-refractivity contribution is -0.140. The van der Waals surface area contributed by atoms with Crippen molar-refractivity contribution in [1.82, 2.24) is 0 Å². The van der Waals surface area contributed by atoms with Crippen molar-refractivity contribution in [3.63, 3.8) is 0 Å². The summed E-state index contributed by atoms with van der Waals surface area (Å²) in [6.45, 7) is 2.26. The molecular formula is C34H41F5. The lowest BCUT2D eigenvalue weighted by Gasteiger charge is -2.28. The van der Waals surface area contributed by atoms with Crippen LogP contribution in [0.1, 0.15) is 99.8 Å². The molecule has 1 aliphatic rings. The molecule has 212 valence electrons. The highest BCUT2D eigenvalue weighted by atomic mass is 19.4. The van der Waals surface area contributed by atoms with E-state index in [4.69, 9.17) is 0 Å². The fraction of sp³-hybridized carbons (Fsp3) is 0.529. The zero-order valence-corrected chi connectivity index (χ0v) is 23.1. The Labute approximate surface area is 230 Å². The second-order valence-electron chi connectivity index (χ2n) is 11.5. The van der Waals surface area contributed by atoms with Gasteiger partial charge in [-0.3, -0.25) is 0 Å². The number of alkyl halides is 3. The van der Waals surface area contributed by atoms with Crippen molar-refractivity contribution < 1.29 is 22.0 Å². The summed E-state index contributed by atoms with van der Waals surface area (Å²) in [5.41, 5.74) is 0.849. The first-order valence-electron chi connectivity index (χ1n) is 14.8. The molecule has 0 radical (unpaired) electrons. The molecule has 1 saturated carbocycles. The van der Waals surface area contributed by atoms with Crippen molar-refractivity contribution in [1.29, 1.82) is 0 Å². The Hall–Kier alpha value is -2.43. The number of hydrogen-bond donors (Lipinski definition) is 0. The summed E-state index contributed by atoms with van der Waals surface area (Å²) >= 11 is 0. The van der Waals surface area contributed by atoms with E-state index in [-0.39, 0.29) is 18.7 Å². The molecule has 0 heterocycles. The molecular weight excluding hydrogens is 503 g/mol. The smallest absolute Gasteiger partial charge is 0.206 e. The van der Waals surface area contributed by atoms with Gasteiger partial charge in [-0.2, -0.15) is 13.2 Å². The highest BCUT2D eigenvalue weighted by Crippen LogP contribution is 2.35. The number of halogens is 5. The van der Waals surface area contributed by atoms with Gasteiger partial charge in [-0.25, -0.2) is 8.78 Å². The molecule has 0 bridgehead atoms. The number of aryl methyl sites for hydroxylation is 3. The van der Waals surface area contributed by atoms with Crippen LogP contribution in [0, 0.1) is 23.5 Å². The highest BCUT2D eigenvalue weighted by Gasteiger charge is 2.33. The van der Waals surface area contributed by atoms with E-state index in [1.165, 1.54) is 82.3 Å². The summed E-state index contributed by atoms with van der Waals surface area (Å²) in [4.78, 5) is 0. The van der Waals surface area contributed by atoms with E-state index in [1.54, 1.807) is 6.07 Å². The number of hydrogen-bond acceptors (Lipinski definition) is 0. The van der Waals surface area contributed by atoms with Crippen LogP contribution in [0.2, 0.25) is 0 Å². The first kappa shape index (κ1) is 29.6. The monoisotopic (exact) mass is 544 g/mol. The summed E-state index contributed by atoms with van der Waals surface area (Å²) in [5.74, 6) is 0.0991. The fourth-order valence-electron chi connectivity index (χ4n) is 6.17. The summed E-state index contributed by atoms with van der Waals surface area (Å²) < 4.78 is 67.5. The van der Waals surface area contributed by atoms with Crippen LogP contribution in [-0.2, 0) is 25.4 Å². The Balaban J connectivity index is 1.27. The molecule has 0 N–H and O–H groups in total. The van der Waals surface area contributed by atoms with Gasteiger partial charge in [0.05, 0.1) is 5.56 Å². The third kappa shape index (κ3) is 8.28. The molecule has 5 heteroatoms. The van der Waals surface area contributed by atoms with Crippen molar-refractivity contribution in [3.05, 3.63) is 82.4 Å². The van der Waals surface area contributed by atoms with E-state index in [2.05, 4.69) is 13.0 Å². The number of unbranched alkanes of at least 4 members (excludes halogenated alkanes) is 4. The quantitative estimate of drug-likeness (QED) is 0.157. The minimum absolute atomic E-state index is 0.261. The van der Waals surface area contributed by atoms with Crippen molar-refractivity contribution >= 4 is 10.8 Å². The summed E-state index contributed by atoms with van der Waals surface area (Å²) in [5, 5.41) is 1.41. The van der Waals surface area contributed by atoms with Gasteiger partial charge in [0.15, 0.2) is 0 Å². The van der Waals surface area contributed by atoms with E-state index >= 15 is 4.39 Å². The van der Waals surface area contributed by atoms with Crippen LogP contribution in [0.3, 0.4) is 0 Å². The molecule has 0 amide bonds. The van der Waals surface area contributed by atoms with Gasteiger partial charge in [-0.05, 0) is 71.7 Å². The number of rotatable bonds is 12.